The van der Waals surface area contributed by atoms with Crippen molar-refractivity contribution in [2.45, 2.75) is 32.8 Å². The van der Waals surface area contributed by atoms with Crippen molar-refractivity contribution in [3.05, 3.63) is 40.3 Å². The van der Waals surface area contributed by atoms with Crippen molar-refractivity contribution in [2.24, 2.45) is 0 Å². The molecule has 4 nitrogen and oxygen atoms in total. The van der Waals surface area contributed by atoms with Gasteiger partial charge >= 0.3 is 0 Å². The average molecular weight is 307 g/mol. The van der Waals surface area contributed by atoms with Crippen molar-refractivity contribution in [3.63, 3.8) is 0 Å². The van der Waals surface area contributed by atoms with Crippen LogP contribution >= 0.6 is 11.3 Å². The number of thiazole rings is 1. The number of hydrogen-bond acceptors (Lipinski definition) is 5. The fourth-order valence-corrected chi connectivity index (χ4v) is 2.61. The summed E-state index contributed by atoms with van der Waals surface area (Å²) < 4.78 is 11.2. The Kier molecular flexibility index (Phi) is 5.20. The molecular weight excluding hydrogens is 286 g/mol. The monoisotopic (exact) mass is 307 g/mol. The van der Waals surface area contributed by atoms with Gasteiger partial charge in [0, 0.05) is 10.8 Å². The summed E-state index contributed by atoms with van der Waals surface area (Å²) >= 11 is 1.65. The smallest absolute Gasteiger partial charge is 0.161 e. The lowest BCUT2D eigenvalue weighted by Crippen LogP contribution is -2.10. The van der Waals surface area contributed by atoms with E-state index in [1.54, 1.807) is 11.3 Å². The fraction of sp³-hybridized carbons (Fsp3) is 0.438. The lowest BCUT2D eigenvalue weighted by molar-refractivity contribution is 0.192. The molecule has 0 bridgehead atoms. The Morgan fingerprint density at radius 3 is 2.38 bits per heavy atom. The second-order valence-electron chi connectivity index (χ2n) is 5.70. The molecule has 0 unspecified atom stereocenters. The molecule has 5 heteroatoms. The number of aromatic nitrogens is 1. The van der Waals surface area contributed by atoms with Gasteiger partial charge in [-0.15, -0.1) is 11.3 Å². The molecule has 0 amide bonds. The molecule has 0 saturated carbocycles. The summed E-state index contributed by atoms with van der Waals surface area (Å²) in [6.07, 6.45) is 0. The SMILES string of the molecule is CC(C)(C)c1nc(COc2ccccc2OCCO)cs1. The predicted molar refractivity (Wildman–Crippen MR) is 84.2 cm³/mol. The highest BCUT2D eigenvalue weighted by atomic mass is 32.1. The van der Waals surface area contributed by atoms with E-state index < -0.39 is 0 Å². The molecule has 1 aromatic carbocycles. The molecule has 21 heavy (non-hydrogen) atoms. The van der Waals surface area contributed by atoms with Gasteiger partial charge in [0.1, 0.15) is 13.2 Å². The number of ether oxygens (including phenoxy) is 2. The average Bonchev–Trinajstić information content (AvgIpc) is 2.92. The topological polar surface area (TPSA) is 51.6 Å². The van der Waals surface area contributed by atoms with Crippen LogP contribution in [0.3, 0.4) is 0 Å². The van der Waals surface area contributed by atoms with Gasteiger partial charge in [-0.25, -0.2) is 4.98 Å². The third kappa shape index (κ3) is 4.44. The van der Waals surface area contributed by atoms with Crippen LogP contribution in [-0.2, 0) is 12.0 Å². The molecule has 1 N–H and O–H groups in total. The predicted octanol–water partition coefficient (Wildman–Crippen LogP) is 3.39. The number of nitrogens with zero attached hydrogens (tertiary/aromatic N) is 1. The van der Waals surface area contributed by atoms with Gasteiger partial charge in [0.25, 0.3) is 0 Å². The number of rotatable bonds is 6. The molecule has 0 aliphatic rings. The Balaban J connectivity index is 2.01. The lowest BCUT2D eigenvalue weighted by atomic mass is 9.98. The van der Waals surface area contributed by atoms with Gasteiger partial charge in [0.05, 0.1) is 17.3 Å². The molecule has 0 radical (unpaired) electrons. The maximum atomic E-state index is 8.83. The Labute approximate surface area is 129 Å². The molecule has 0 spiro atoms. The van der Waals surface area contributed by atoms with E-state index in [9.17, 15) is 0 Å². The van der Waals surface area contributed by atoms with E-state index in [4.69, 9.17) is 14.6 Å². The zero-order valence-electron chi connectivity index (χ0n) is 12.6. The van der Waals surface area contributed by atoms with Crippen molar-refractivity contribution in [2.75, 3.05) is 13.2 Å². The van der Waals surface area contributed by atoms with E-state index in [0.29, 0.717) is 18.1 Å². The lowest BCUT2D eigenvalue weighted by Gasteiger charge is -2.14. The van der Waals surface area contributed by atoms with E-state index in [1.165, 1.54) is 0 Å². The van der Waals surface area contributed by atoms with Gasteiger partial charge in [-0.3, -0.25) is 0 Å². The zero-order valence-corrected chi connectivity index (χ0v) is 13.4. The highest BCUT2D eigenvalue weighted by molar-refractivity contribution is 7.09. The number of para-hydroxylation sites is 2. The number of aliphatic hydroxyl groups is 1. The highest BCUT2D eigenvalue weighted by Gasteiger charge is 2.18. The fourth-order valence-electron chi connectivity index (χ4n) is 1.71. The normalized spacial score (nSPS) is 11.4. The van der Waals surface area contributed by atoms with Gasteiger partial charge in [0.2, 0.25) is 0 Å². The summed E-state index contributed by atoms with van der Waals surface area (Å²) in [5.74, 6) is 1.30. The molecular formula is C16H21NO3S. The Morgan fingerprint density at radius 1 is 1.14 bits per heavy atom. The zero-order chi connectivity index (χ0) is 15.3. The molecule has 1 aromatic heterocycles. The van der Waals surface area contributed by atoms with Crippen LogP contribution < -0.4 is 9.47 Å². The highest BCUT2D eigenvalue weighted by Crippen LogP contribution is 2.29. The molecule has 2 rings (SSSR count). The Bertz CT molecular complexity index is 575. The van der Waals surface area contributed by atoms with Crippen molar-refractivity contribution >= 4 is 11.3 Å². The van der Waals surface area contributed by atoms with Crippen LogP contribution in [0.4, 0.5) is 0 Å². The van der Waals surface area contributed by atoms with Gasteiger partial charge in [0.15, 0.2) is 11.5 Å². The quantitative estimate of drug-likeness (QED) is 0.889. The number of hydrogen-bond donors (Lipinski definition) is 1. The van der Waals surface area contributed by atoms with Crippen molar-refractivity contribution in [3.8, 4) is 11.5 Å². The number of benzene rings is 1. The first kappa shape index (κ1) is 15.8. The second kappa shape index (κ2) is 6.91. The first-order valence-electron chi connectivity index (χ1n) is 6.91. The first-order valence-corrected chi connectivity index (χ1v) is 7.79. The first-order chi connectivity index (χ1) is 10.0. The third-order valence-electron chi connectivity index (χ3n) is 2.77. The standard InChI is InChI=1S/C16H21NO3S/c1-16(2,3)15-17-12(11-21-15)10-20-14-7-5-4-6-13(14)19-9-8-18/h4-7,11,18H,8-10H2,1-3H3. The van der Waals surface area contributed by atoms with Crippen LogP contribution in [0.25, 0.3) is 0 Å². The van der Waals surface area contributed by atoms with Gasteiger partial charge in [-0.2, -0.15) is 0 Å². The van der Waals surface area contributed by atoms with Crippen molar-refractivity contribution in [1.29, 1.82) is 0 Å². The van der Waals surface area contributed by atoms with Crippen LogP contribution in [-0.4, -0.2) is 23.3 Å². The maximum Gasteiger partial charge on any atom is 0.161 e. The van der Waals surface area contributed by atoms with Crippen LogP contribution in [0.5, 0.6) is 11.5 Å². The molecule has 1 heterocycles. The van der Waals surface area contributed by atoms with Crippen molar-refractivity contribution < 1.29 is 14.6 Å². The van der Waals surface area contributed by atoms with Crippen LogP contribution in [0, 0.1) is 0 Å². The molecule has 0 aliphatic heterocycles. The van der Waals surface area contributed by atoms with Crippen LogP contribution in [0.15, 0.2) is 29.6 Å². The van der Waals surface area contributed by atoms with Crippen LogP contribution in [0.2, 0.25) is 0 Å². The largest absolute Gasteiger partial charge is 0.487 e. The van der Waals surface area contributed by atoms with Crippen molar-refractivity contribution in [1.82, 2.24) is 4.98 Å². The molecule has 114 valence electrons. The Morgan fingerprint density at radius 2 is 1.81 bits per heavy atom. The minimum Gasteiger partial charge on any atom is -0.487 e. The molecule has 0 fully saturated rings. The van der Waals surface area contributed by atoms with Gasteiger partial charge in [-0.1, -0.05) is 32.9 Å². The minimum absolute atomic E-state index is 0.0185. The van der Waals surface area contributed by atoms with E-state index in [2.05, 4.69) is 25.8 Å². The molecule has 0 aliphatic carbocycles. The molecule has 0 saturated heterocycles. The van der Waals surface area contributed by atoms with E-state index in [0.717, 1.165) is 10.7 Å². The summed E-state index contributed by atoms with van der Waals surface area (Å²) in [7, 11) is 0. The maximum absolute atomic E-state index is 8.83. The van der Waals surface area contributed by atoms with Gasteiger partial charge < -0.3 is 14.6 Å². The van der Waals surface area contributed by atoms with E-state index in [1.807, 2.05) is 29.6 Å². The summed E-state index contributed by atoms with van der Waals surface area (Å²) in [4.78, 5) is 4.60. The van der Waals surface area contributed by atoms with E-state index >= 15 is 0 Å². The van der Waals surface area contributed by atoms with Gasteiger partial charge in [-0.05, 0) is 12.1 Å². The summed E-state index contributed by atoms with van der Waals surface area (Å²) in [5.41, 5.74) is 0.979. The third-order valence-corrected chi connectivity index (χ3v) is 4.08. The summed E-state index contributed by atoms with van der Waals surface area (Å²) in [6.45, 7) is 7.09. The van der Waals surface area contributed by atoms with E-state index in [-0.39, 0.29) is 18.6 Å². The second-order valence-corrected chi connectivity index (χ2v) is 6.56. The summed E-state index contributed by atoms with van der Waals surface area (Å²) in [5, 5.41) is 12.0. The van der Waals surface area contributed by atoms with Crippen LogP contribution in [0.1, 0.15) is 31.5 Å². The number of aliphatic hydroxyl groups excluding tert-OH is 1. The molecule has 0 atom stereocenters. The summed E-state index contributed by atoms with van der Waals surface area (Å²) in [6, 6.07) is 7.44. The molecule has 2 aromatic rings. The minimum atomic E-state index is -0.0185. The Hall–Kier alpha value is -1.59.